The van der Waals surface area contributed by atoms with Gasteiger partial charge in [0.15, 0.2) is 5.13 Å². The van der Waals surface area contributed by atoms with Crippen molar-refractivity contribution in [3.63, 3.8) is 0 Å². The number of benzene rings is 2. The number of sulfonamides is 1. The third-order valence-electron chi connectivity index (χ3n) is 5.62. The van der Waals surface area contributed by atoms with Gasteiger partial charge in [0.05, 0.1) is 27.9 Å². The van der Waals surface area contributed by atoms with E-state index in [0.29, 0.717) is 16.5 Å². The predicted octanol–water partition coefficient (Wildman–Crippen LogP) is 5.66. The number of carbonyl (C=O) groups is 1. The number of thiazole rings is 1. The van der Waals surface area contributed by atoms with Crippen LogP contribution in [0.25, 0.3) is 10.2 Å². The molecule has 0 atom stereocenters. The van der Waals surface area contributed by atoms with Gasteiger partial charge in [0.2, 0.25) is 10.0 Å². The monoisotopic (exact) mass is 521 g/mol. The first-order valence-electron chi connectivity index (χ1n) is 11.4. The Morgan fingerprint density at radius 3 is 2.42 bits per heavy atom. The van der Waals surface area contributed by atoms with E-state index >= 15 is 0 Å². The van der Waals surface area contributed by atoms with Crippen LogP contribution in [0.4, 0.5) is 5.13 Å². The summed E-state index contributed by atoms with van der Waals surface area (Å²) in [5.41, 5.74) is 2.35. The number of aryl methyl sites for hydroxylation is 1. The first-order chi connectivity index (χ1) is 17.4. The minimum atomic E-state index is -3.76. The van der Waals surface area contributed by atoms with E-state index < -0.39 is 10.0 Å². The molecule has 0 bridgehead atoms. The van der Waals surface area contributed by atoms with Gasteiger partial charge in [-0.05, 0) is 60.5 Å². The van der Waals surface area contributed by atoms with E-state index in [1.807, 2.05) is 12.1 Å². The van der Waals surface area contributed by atoms with Crippen molar-refractivity contribution in [3.8, 4) is 0 Å². The van der Waals surface area contributed by atoms with Crippen molar-refractivity contribution < 1.29 is 17.6 Å². The van der Waals surface area contributed by atoms with Gasteiger partial charge in [-0.25, -0.2) is 13.4 Å². The molecular formula is C27H27N3O4S2. The number of hydrogen-bond donors (Lipinski definition) is 0. The van der Waals surface area contributed by atoms with Gasteiger partial charge in [0, 0.05) is 18.7 Å². The third kappa shape index (κ3) is 5.33. The van der Waals surface area contributed by atoms with Gasteiger partial charge in [0.25, 0.3) is 5.91 Å². The molecule has 2 aromatic heterocycles. The van der Waals surface area contributed by atoms with Crippen LogP contribution in [0.5, 0.6) is 0 Å². The molecule has 0 unspecified atom stereocenters. The number of nitrogens with zero attached hydrogens (tertiary/aromatic N) is 3. The van der Waals surface area contributed by atoms with Crippen molar-refractivity contribution in [2.45, 2.75) is 24.8 Å². The third-order valence-corrected chi connectivity index (χ3v) is 8.51. The number of furan rings is 1. The van der Waals surface area contributed by atoms with Crippen LogP contribution < -0.4 is 4.90 Å². The molecule has 4 aromatic rings. The number of anilines is 1. The van der Waals surface area contributed by atoms with Crippen LogP contribution in [-0.4, -0.2) is 36.7 Å². The molecule has 0 aliphatic carbocycles. The zero-order valence-electron chi connectivity index (χ0n) is 20.0. The summed E-state index contributed by atoms with van der Waals surface area (Å²) in [6.45, 7) is 9.85. The SMILES string of the molecule is C=CCN(CC=C)S(=O)(=O)c1ccc(C(=O)N(Cc2ccco2)c2nc3ccc(CC)cc3s2)cc1. The molecule has 0 radical (unpaired) electrons. The Hall–Kier alpha value is -3.53. The maximum absolute atomic E-state index is 13.6. The molecular weight excluding hydrogens is 494 g/mol. The summed E-state index contributed by atoms with van der Waals surface area (Å²) in [7, 11) is -3.76. The smallest absolute Gasteiger partial charge is 0.260 e. The normalized spacial score (nSPS) is 11.6. The van der Waals surface area contributed by atoms with Crippen molar-refractivity contribution >= 4 is 42.6 Å². The highest BCUT2D eigenvalue weighted by molar-refractivity contribution is 7.89. The number of amides is 1. The van der Waals surface area contributed by atoms with E-state index in [1.165, 1.54) is 57.6 Å². The molecule has 186 valence electrons. The Bertz CT molecular complexity index is 1460. The largest absolute Gasteiger partial charge is 0.467 e. The van der Waals surface area contributed by atoms with Gasteiger partial charge in [-0.3, -0.25) is 9.69 Å². The number of rotatable bonds is 11. The van der Waals surface area contributed by atoms with E-state index in [0.717, 1.165) is 16.6 Å². The van der Waals surface area contributed by atoms with E-state index in [2.05, 4.69) is 26.1 Å². The van der Waals surface area contributed by atoms with Crippen LogP contribution in [0.15, 0.2) is 95.5 Å². The van der Waals surface area contributed by atoms with Crippen LogP contribution in [0.3, 0.4) is 0 Å². The molecule has 2 aromatic carbocycles. The predicted molar refractivity (Wildman–Crippen MR) is 144 cm³/mol. The highest BCUT2D eigenvalue weighted by Crippen LogP contribution is 2.32. The molecule has 2 heterocycles. The highest BCUT2D eigenvalue weighted by Gasteiger charge is 2.25. The first-order valence-corrected chi connectivity index (χ1v) is 13.7. The average molecular weight is 522 g/mol. The summed E-state index contributed by atoms with van der Waals surface area (Å²) in [5, 5.41) is 0.541. The van der Waals surface area contributed by atoms with Crippen molar-refractivity contribution in [1.29, 1.82) is 0 Å². The van der Waals surface area contributed by atoms with E-state index in [4.69, 9.17) is 9.40 Å². The molecule has 9 heteroatoms. The van der Waals surface area contributed by atoms with Gasteiger partial charge in [-0.1, -0.05) is 36.5 Å². The fraction of sp³-hybridized carbons (Fsp3) is 0.185. The molecule has 0 saturated heterocycles. The summed E-state index contributed by atoms with van der Waals surface area (Å²) in [6, 6.07) is 15.6. The molecule has 0 fully saturated rings. The van der Waals surface area contributed by atoms with Gasteiger partial charge < -0.3 is 4.42 Å². The lowest BCUT2D eigenvalue weighted by Crippen LogP contribution is -2.32. The fourth-order valence-electron chi connectivity index (χ4n) is 3.71. The summed E-state index contributed by atoms with van der Waals surface area (Å²) >= 11 is 1.43. The second kappa shape index (κ2) is 11.0. The Morgan fingerprint density at radius 2 is 1.81 bits per heavy atom. The lowest BCUT2D eigenvalue weighted by Gasteiger charge is -2.20. The summed E-state index contributed by atoms with van der Waals surface area (Å²) in [4.78, 5) is 20.0. The number of aromatic nitrogens is 1. The fourth-order valence-corrected chi connectivity index (χ4v) is 6.12. The molecule has 7 nitrogen and oxygen atoms in total. The summed E-state index contributed by atoms with van der Waals surface area (Å²) < 4.78 is 33.8. The standard InChI is InChI=1S/C27H27N3O4S2/c1-4-15-29(16-5-2)36(32,33)23-12-10-21(11-13-23)26(31)30(19-22-8-7-17-34-22)27-28-24-14-9-20(6-3)18-25(24)35-27/h4-5,7-14,17-18H,1-2,6,15-16,19H2,3H3. The Labute approximate surface area is 215 Å². The Kier molecular flexibility index (Phi) is 7.83. The van der Waals surface area contributed by atoms with Gasteiger partial charge in [-0.15, -0.1) is 13.2 Å². The van der Waals surface area contributed by atoms with Crippen LogP contribution in [-0.2, 0) is 23.0 Å². The molecule has 1 amide bonds. The molecule has 0 spiro atoms. The van der Waals surface area contributed by atoms with Crippen molar-refractivity contribution in [2.24, 2.45) is 0 Å². The van der Waals surface area contributed by atoms with Crippen LogP contribution in [0.2, 0.25) is 0 Å². The average Bonchev–Trinajstić information content (AvgIpc) is 3.56. The van der Waals surface area contributed by atoms with Gasteiger partial charge >= 0.3 is 0 Å². The summed E-state index contributed by atoms with van der Waals surface area (Å²) in [5.74, 6) is 0.305. The summed E-state index contributed by atoms with van der Waals surface area (Å²) in [6.07, 6.45) is 5.51. The molecule has 0 N–H and O–H groups in total. The Balaban J connectivity index is 1.67. The first kappa shape index (κ1) is 25.6. The van der Waals surface area contributed by atoms with Crippen molar-refractivity contribution in [2.75, 3.05) is 18.0 Å². The minimum absolute atomic E-state index is 0.0902. The van der Waals surface area contributed by atoms with E-state index in [-0.39, 0.29) is 30.4 Å². The zero-order valence-corrected chi connectivity index (χ0v) is 21.6. The van der Waals surface area contributed by atoms with Crippen molar-refractivity contribution in [3.05, 3.63) is 103 Å². The molecule has 0 saturated carbocycles. The van der Waals surface area contributed by atoms with E-state index in [1.54, 1.807) is 23.3 Å². The topological polar surface area (TPSA) is 83.7 Å². The molecule has 36 heavy (non-hydrogen) atoms. The quantitative estimate of drug-likeness (QED) is 0.238. The molecule has 4 rings (SSSR count). The lowest BCUT2D eigenvalue weighted by molar-refractivity contribution is 0.0983. The van der Waals surface area contributed by atoms with Crippen LogP contribution in [0.1, 0.15) is 28.6 Å². The lowest BCUT2D eigenvalue weighted by atomic mass is 10.2. The van der Waals surface area contributed by atoms with E-state index in [9.17, 15) is 13.2 Å². The maximum atomic E-state index is 13.6. The zero-order chi connectivity index (χ0) is 25.7. The van der Waals surface area contributed by atoms with Crippen LogP contribution in [0, 0.1) is 0 Å². The highest BCUT2D eigenvalue weighted by atomic mass is 32.2. The second-order valence-electron chi connectivity index (χ2n) is 8.05. The van der Waals surface area contributed by atoms with Gasteiger partial charge in [-0.2, -0.15) is 4.31 Å². The molecule has 0 aliphatic heterocycles. The number of fused-ring (bicyclic) bond motifs is 1. The Morgan fingerprint density at radius 1 is 1.08 bits per heavy atom. The van der Waals surface area contributed by atoms with Gasteiger partial charge in [0.1, 0.15) is 5.76 Å². The molecule has 0 aliphatic rings. The van der Waals surface area contributed by atoms with Crippen LogP contribution >= 0.6 is 11.3 Å². The number of carbonyl (C=O) groups excluding carboxylic acids is 1. The second-order valence-corrected chi connectivity index (χ2v) is 11.0. The minimum Gasteiger partial charge on any atom is -0.467 e. The maximum Gasteiger partial charge on any atom is 0.260 e. The number of hydrogen-bond acceptors (Lipinski definition) is 6. The van der Waals surface area contributed by atoms with Crippen molar-refractivity contribution in [1.82, 2.24) is 9.29 Å².